The minimum absolute atomic E-state index is 0.0570. The van der Waals surface area contributed by atoms with Crippen LogP contribution >= 0.6 is 11.8 Å². The Morgan fingerprint density at radius 1 is 1.44 bits per heavy atom. The maximum atomic E-state index is 11.8. The van der Waals surface area contributed by atoms with Crippen molar-refractivity contribution < 1.29 is 18.9 Å². The first-order valence-corrected chi connectivity index (χ1v) is 8.70. The van der Waals surface area contributed by atoms with Gasteiger partial charge in [0, 0.05) is 30.8 Å². The fraction of sp³-hybridized carbons (Fsp3) is 0.400. The van der Waals surface area contributed by atoms with E-state index in [9.17, 15) is 14.9 Å². The maximum absolute atomic E-state index is 11.8. The van der Waals surface area contributed by atoms with Gasteiger partial charge in [0.25, 0.3) is 10.9 Å². The summed E-state index contributed by atoms with van der Waals surface area (Å²) in [6, 6.07) is 5.93. The lowest BCUT2D eigenvalue weighted by atomic mass is 10.2. The summed E-state index contributed by atoms with van der Waals surface area (Å²) in [5, 5.41) is 21.5. The van der Waals surface area contributed by atoms with Crippen LogP contribution in [0.2, 0.25) is 0 Å². The molecule has 1 aliphatic heterocycles. The second-order valence-corrected chi connectivity index (χ2v) is 6.33. The number of amides is 1. The molecule has 3 rings (SSSR count). The van der Waals surface area contributed by atoms with E-state index in [1.165, 1.54) is 12.1 Å². The average Bonchev–Trinajstić information content (AvgIpc) is 3.30. The van der Waals surface area contributed by atoms with Crippen LogP contribution in [-0.2, 0) is 9.53 Å². The summed E-state index contributed by atoms with van der Waals surface area (Å²) in [6.07, 6.45) is 2.08. The number of carbonyl (C=O) groups excluding carboxylic acids is 1. The smallest absolute Gasteiger partial charge is 0.277 e. The fourth-order valence-electron chi connectivity index (χ4n) is 2.35. The Kier molecular flexibility index (Phi) is 5.61. The molecule has 1 aromatic heterocycles. The molecule has 0 unspecified atom stereocenters. The molecule has 10 heteroatoms. The van der Waals surface area contributed by atoms with E-state index in [0.717, 1.165) is 31.2 Å². The first-order valence-electron chi connectivity index (χ1n) is 7.71. The lowest BCUT2D eigenvalue weighted by Crippen LogP contribution is -2.32. The van der Waals surface area contributed by atoms with Gasteiger partial charge in [-0.2, -0.15) is 0 Å². The predicted molar refractivity (Wildman–Crippen MR) is 89.1 cm³/mol. The van der Waals surface area contributed by atoms with Crippen LogP contribution in [-0.4, -0.2) is 46.0 Å². The number of nitrogens with zero attached hydrogens (tertiary/aromatic N) is 3. The highest BCUT2D eigenvalue weighted by Gasteiger charge is 2.17. The SMILES string of the molecule is O=C(CSc1nnc(-c2cccc([N+](=O)[O-])c2)o1)NC[C@@H]1CCCO1. The van der Waals surface area contributed by atoms with Crippen molar-refractivity contribution in [3.8, 4) is 11.5 Å². The van der Waals surface area contributed by atoms with Crippen LogP contribution in [0.25, 0.3) is 11.5 Å². The molecule has 9 nitrogen and oxygen atoms in total. The summed E-state index contributed by atoms with van der Waals surface area (Å²) in [5.41, 5.74) is 0.398. The first kappa shape index (κ1) is 17.4. The lowest BCUT2D eigenvalue weighted by molar-refractivity contribution is -0.384. The molecule has 1 aliphatic rings. The van der Waals surface area contributed by atoms with Gasteiger partial charge < -0.3 is 14.5 Å². The molecule has 1 aromatic carbocycles. The van der Waals surface area contributed by atoms with E-state index in [2.05, 4.69) is 15.5 Å². The minimum Gasteiger partial charge on any atom is -0.411 e. The third-order valence-corrected chi connectivity index (χ3v) is 4.41. The molecule has 0 aliphatic carbocycles. The van der Waals surface area contributed by atoms with Gasteiger partial charge in [0.2, 0.25) is 11.8 Å². The molecular weight excluding hydrogens is 348 g/mol. The highest BCUT2D eigenvalue weighted by molar-refractivity contribution is 7.99. The van der Waals surface area contributed by atoms with Gasteiger partial charge in [-0.3, -0.25) is 14.9 Å². The quantitative estimate of drug-likeness (QED) is 0.450. The Balaban J connectivity index is 1.52. The van der Waals surface area contributed by atoms with E-state index < -0.39 is 4.92 Å². The molecule has 0 saturated carbocycles. The molecule has 0 spiro atoms. The van der Waals surface area contributed by atoms with E-state index in [0.29, 0.717) is 12.1 Å². The lowest BCUT2D eigenvalue weighted by Gasteiger charge is -2.09. The number of nitrogens with one attached hydrogen (secondary N) is 1. The van der Waals surface area contributed by atoms with Crippen molar-refractivity contribution in [2.24, 2.45) is 0 Å². The van der Waals surface area contributed by atoms with Gasteiger partial charge in [0.1, 0.15) is 0 Å². The first-order chi connectivity index (χ1) is 12.1. The van der Waals surface area contributed by atoms with Gasteiger partial charge in [-0.1, -0.05) is 17.8 Å². The number of thioether (sulfide) groups is 1. The van der Waals surface area contributed by atoms with Crippen LogP contribution < -0.4 is 5.32 Å². The Bertz CT molecular complexity index is 760. The van der Waals surface area contributed by atoms with E-state index >= 15 is 0 Å². The molecule has 1 atom stereocenters. The molecule has 1 N–H and O–H groups in total. The van der Waals surface area contributed by atoms with Crippen LogP contribution in [0.5, 0.6) is 0 Å². The van der Waals surface area contributed by atoms with E-state index in [4.69, 9.17) is 9.15 Å². The monoisotopic (exact) mass is 364 g/mol. The van der Waals surface area contributed by atoms with Gasteiger partial charge >= 0.3 is 0 Å². The topological polar surface area (TPSA) is 120 Å². The van der Waals surface area contributed by atoms with Gasteiger partial charge in [0.15, 0.2) is 0 Å². The standard InChI is InChI=1S/C15H16N4O5S/c20-13(16-8-12-5-2-6-23-12)9-25-15-18-17-14(24-15)10-3-1-4-11(7-10)19(21)22/h1,3-4,7,12H,2,5-6,8-9H2,(H,16,20)/t12-/m0/s1. The van der Waals surface area contributed by atoms with Gasteiger partial charge in [-0.05, 0) is 18.9 Å². The number of ether oxygens (including phenoxy) is 1. The van der Waals surface area contributed by atoms with Crippen molar-refractivity contribution in [1.29, 1.82) is 0 Å². The van der Waals surface area contributed by atoms with E-state index in [1.807, 2.05) is 0 Å². The molecule has 0 radical (unpaired) electrons. The summed E-state index contributed by atoms with van der Waals surface area (Å²) < 4.78 is 10.9. The predicted octanol–water partition coefficient (Wildman–Crippen LogP) is 2.03. The second-order valence-electron chi connectivity index (χ2n) is 5.41. The number of nitro groups is 1. The average molecular weight is 364 g/mol. The van der Waals surface area contributed by atoms with Gasteiger partial charge in [-0.15, -0.1) is 10.2 Å². The zero-order valence-corrected chi connectivity index (χ0v) is 14.0. The summed E-state index contributed by atoms with van der Waals surface area (Å²) >= 11 is 1.11. The second kappa shape index (κ2) is 8.08. The number of benzene rings is 1. The van der Waals surface area contributed by atoms with Crippen LogP contribution in [0.1, 0.15) is 12.8 Å². The summed E-state index contributed by atoms with van der Waals surface area (Å²) in [7, 11) is 0. The fourth-order valence-corrected chi connectivity index (χ4v) is 2.94. The molecular formula is C15H16N4O5S. The number of hydrogen-bond acceptors (Lipinski definition) is 8. The number of carbonyl (C=O) groups is 1. The van der Waals surface area contributed by atoms with Crippen molar-refractivity contribution in [3.63, 3.8) is 0 Å². The van der Waals surface area contributed by atoms with Crippen LogP contribution in [0.15, 0.2) is 33.9 Å². The van der Waals surface area contributed by atoms with Crippen molar-refractivity contribution in [2.75, 3.05) is 18.9 Å². The van der Waals surface area contributed by atoms with Gasteiger partial charge in [0.05, 0.1) is 16.8 Å². The molecule has 1 amide bonds. The van der Waals surface area contributed by atoms with Crippen LogP contribution in [0.3, 0.4) is 0 Å². The van der Waals surface area contributed by atoms with E-state index in [1.54, 1.807) is 12.1 Å². The van der Waals surface area contributed by atoms with Gasteiger partial charge in [-0.25, -0.2) is 0 Å². The summed E-state index contributed by atoms with van der Waals surface area (Å²) in [6.45, 7) is 1.25. The summed E-state index contributed by atoms with van der Waals surface area (Å²) in [4.78, 5) is 22.1. The maximum Gasteiger partial charge on any atom is 0.277 e. The zero-order chi connectivity index (χ0) is 17.6. The zero-order valence-electron chi connectivity index (χ0n) is 13.2. The van der Waals surface area contributed by atoms with Crippen LogP contribution in [0.4, 0.5) is 5.69 Å². The highest BCUT2D eigenvalue weighted by atomic mass is 32.2. The van der Waals surface area contributed by atoms with Crippen molar-refractivity contribution >= 4 is 23.4 Å². The third kappa shape index (κ3) is 4.77. The molecule has 1 saturated heterocycles. The van der Waals surface area contributed by atoms with Crippen molar-refractivity contribution in [2.45, 2.75) is 24.2 Å². The largest absolute Gasteiger partial charge is 0.411 e. The highest BCUT2D eigenvalue weighted by Crippen LogP contribution is 2.25. The Morgan fingerprint density at radius 3 is 3.08 bits per heavy atom. The van der Waals surface area contributed by atoms with Crippen molar-refractivity contribution in [1.82, 2.24) is 15.5 Å². The molecule has 25 heavy (non-hydrogen) atoms. The number of nitro benzene ring substituents is 1. The van der Waals surface area contributed by atoms with E-state index in [-0.39, 0.29) is 34.6 Å². The molecule has 132 valence electrons. The Morgan fingerprint density at radius 2 is 2.32 bits per heavy atom. The van der Waals surface area contributed by atoms with Crippen molar-refractivity contribution in [3.05, 3.63) is 34.4 Å². The number of aromatic nitrogens is 2. The molecule has 0 bridgehead atoms. The van der Waals surface area contributed by atoms with Crippen LogP contribution in [0, 0.1) is 10.1 Å². The summed E-state index contributed by atoms with van der Waals surface area (Å²) in [5.74, 6) is 0.171. The minimum atomic E-state index is -0.492. The Labute approximate surface area is 147 Å². The number of hydrogen-bond donors (Lipinski definition) is 1. The third-order valence-electron chi connectivity index (χ3n) is 3.59. The number of non-ortho nitro benzene ring substituents is 1. The Hall–Kier alpha value is -2.46. The molecule has 2 aromatic rings. The molecule has 1 fully saturated rings. The normalized spacial score (nSPS) is 16.7. The molecule has 2 heterocycles. The number of rotatable bonds is 7.